The molecule has 0 fully saturated rings. The van der Waals surface area contributed by atoms with E-state index < -0.39 is 5.41 Å². The third kappa shape index (κ3) is 5.04. The van der Waals surface area contributed by atoms with Gasteiger partial charge in [0, 0.05) is 56.2 Å². The first-order valence-corrected chi connectivity index (χ1v) is 23.3. The van der Waals surface area contributed by atoms with Crippen LogP contribution in [0.15, 0.2) is 194 Å². The Morgan fingerprint density at radius 1 is 0.465 bits per heavy atom. The monoisotopic (exact) mass is 904 g/mol. The molecule has 13 aromatic rings. The summed E-state index contributed by atoms with van der Waals surface area (Å²) in [6.45, 7) is 15.7. The van der Waals surface area contributed by atoms with E-state index in [-0.39, 0.29) is 0 Å². The second kappa shape index (κ2) is 14.1. The summed E-state index contributed by atoms with van der Waals surface area (Å²) in [6, 6.07) is 64.5. The molecule has 0 N–H and O–H groups in total. The zero-order chi connectivity index (χ0) is 47.1. The van der Waals surface area contributed by atoms with Crippen molar-refractivity contribution in [1.29, 1.82) is 5.26 Å². The van der Waals surface area contributed by atoms with Crippen LogP contribution in [0.2, 0.25) is 0 Å². The highest BCUT2D eigenvalue weighted by Crippen LogP contribution is 2.63. The van der Waals surface area contributed by atoms with Crippen LogP contribution in [0.25, 0.3) is 104 Å². The number of para-hydroxylation sites is 3. The highest BCUT2D eigenvalue weighted by Gasteiger charge is 2.54. The topological polar surface area (TPSA) is 82.3 Å². The highest BCUT2D eigenvalue weighted by atomic mass is 16.5. The van der Waals surface area contributed by atoms with Crippen molar-refractivity contribution in [2.24, 2.45) is 0 Å². The number of fused-ring (bicyclic) bond motifs is 18. The van der Waals surface area contributed by atoms with Gasteiger partial charge >= 0.3 is 0 Å². The minimum absolute atomic E-state index is 0.576. The van der Waals surface area contributed by atoms with Gasteiger partial charge in [0.1, 0.15) is 11.5 Å². The Kier molecular flexibility index (Phi) is 7.72. The van der Waals surface area contributed by atoms with Crippen LogP contribution in [0.3, 0.4) is 0 Å². The lowest BCUT2D eigenvalue weighted by Gasteiger charge is -2.40. The standard InChI is InChI=1S/C62H32N8O/c1-64-37-21-26-54-45(30-37)42-12-4-6-15-50(42)68(54)39-23-24-47-58(33-39)71-57-19-9-18-56(70-52-17-8-5-13-43(52)46-31-38(65-2)22-27-55(46)70)59(57)62(47)48-14-10-28-66-60(48)61-49(62)32-40(35-67-61)69-51-16-7-3-11-41(51)44-29-36(34-63)20-25-53(44)69/h3-33,35H. The molecule has 9 heteroatoms. The lowest BCUT2D eigenvalue weighted by atomic mass is 9.65. The summed E-state index contributed by atoms with van der Waals surface area (Å²) in [7, 11) is 0. The largest absolute Gasteiger partial charge is 0.457 e. The zero-order valence-electron chi connectivity index (χ0n) is 37.5. The number of hydrogen-bond acceptors (Lipinski definition) is 4. The van der Waals surface area contributed by atoms with Gasteiger partial charge in [-0.05, 0) is 107 Å². The summed E-state index contributed by atoms with van der Waals surface area (Å²) in [5.41, 5.74) is 14.7. The van der Waals surface area contributed by atoms with Crippen molar-refractivity contribution in [1.82, 2.24) is 23.7 Å². The Morgan fingerprint density at radius 3 is 1.73 bits per heavy atom. The molecule has 5 aromatic heterocycles. The molecule has 1 spiro atoms. The average molecular weight is 905 g/mol. The second-order valence-electron chi connectivity index (χ2n) is 18.2. The Hall–Kier alpha value is -10.3. The van der Waals surface area contributed by atoms with Gasteiger partial charge in [0.2, 0.25) is 0 Å². The number of aromatic nitrogens is 5. The molecule has 1 aliphatic heterocycles. The van der Waals surface area contributed by atoms with Crippen LogP contribution in [0.4, 0.5) is 11.4 Å². The molecule has 6 heterocycles. The maximum atomic E-state index is 9.99. The van der Waals surface area contributed by atoms with E-state index in [1.807, 2.05) is 85.2 Å². The van der Waals surface area contributed by atoms with Crippen LogP contribution in [-0.4, -0.2) is 23.7 Å². The molecule has 0 bridgehead atoms. The maximum Gasteiger partial charge on any atom is 0.188 e. The van der Waals surface area contributed by atoms with E-state index in [1.165, 1.54) is 0 Å². The number of benzene rings is 8. The lowest BCUT2D eigenvalue weighted by Crippen LogP contribution is -2.34. The molecule has 0 saturated heterocycles. The van der Waals surface area contributed by atoms with Gasteiger partial charge in [0.05, 0.1) is 92.3 Å². The first kappa shape index (κ1) is 38.8. The van der Waals surface area contributed by atoms with Crippen LogP contribution in [0.5, 0.6) is 11.5 Å². The van der Waals surface area contributed by atoms with Crippen LogP contribution in [-0.2, 0) is 5.41 Å². The van der Waals surface area contributed by atoms with Gasteiger partial charge in [0.15, 0.2) is 11.4 Å². The fourth-order valence-corrected chi connectivity index (χ4v) is 12.0. The van der Waals surface area contributed by atoms with Crippen LogP contribution in [0, 0.1) is 24.5 Å². The normalized spacial score (nSPS) is 14.3. The number of hydrogen-bond donors (Lipinski definition) is 0. The summed E-state index contributed by atoms with van der Waals surface area (Å²) in [4.78, 5) is 18.2. The Morgan fingerprint density at radius 2 is 1.06 bits per heavy atom. The summed E-state index contributed by atoms with van der Waals surface area (Å²) in [5, 5.41) is 16.1. The molecule has 0 radical (unpaired) electrons. The molecular weight excluding hydrogens is 873 g/mol. The van der Waals surface area contributed by atoms with Crippen molar-refractivity contribution in [3.05, 3.63) is 245 Å². The first-order valence-electron chi connectivity index (χ1n) is 23.3. The predicted octanol–water partition coefficient (Wildman–Crippen LogP) is 15.2. The van der Waals surface area contributed by atoms with Gasteiger partial charge in [-0.25, -0.2) is 9.69 Å². The van der Waals surface area contributed by atoms with Crippen molar-refractivity contribution in [2.45, 2.75) is 5.41 Å². The summed E-state index contributed by atoms with van der Waals surface area (Å²) >= 11 is 0. The molecule has 1 atom stereocenters. The molecule has 326 valence electrons. The SMILES string of the molecule is [C-]#[N+]c1ccc2c(c1)c1ccccc1n2-c1ccc2c(c1)Oc1cccc(-n3c4ccccc4c4cc([N+]#[C-])ccc43)c1C21c2cccnc2-c2ncc(-n3c4ccccc4c4cc(C#N)ccc43)cc21. The van der Waals surface area contributed by atoms with Crippen molar-refractivity contribution < 1.29 is 4.74 Å². The molecule has 1 unspecified atom stereocenters. The predicted molar refractivity (Wildman–Crippen MR) is 280 cm³/mol. The minimum Gasteiger partial charge on any atom is -0.457 e. The van der Waals surface area contributed by atoms with Gasteiger partial charge in [-0.15, -0.1) is 0 Å². The fourth-order valence-electron chi connectivity index (χ4n) is 12.0. The van der Waals surface area contributed by atoms with E-state index in [1.54, 1.807) is 0 Å². The molecular formula is C62H32N8O. The number of nitrogens with zero attached hydrogens (tertiary/aromatic N) is 8. The Bertz CT molecular complexity index is 4680. The van der Waals surface area contributed by atoms with Crippen molar-refractivity contribution in [2.75, 3.05) is 0 Å². The fraction of sp³-hybridized carbons (Fsp3) is 0.0161. The highest BCUT2D eigenvalue weighted by molar-refractivity contribution is 6.12. The summed E-state index contributed by atoms with van der Waals surface area (Å²) in [5.74, 6) is 1.38. The molecule has 2 aliphatic rings. The van der Waals surface area contributed by atoms with Crippen LogP contribution in [0.1, 0.15) is 27.8 Å². The Balaban J connectivity index is 1.07. The molecule has 0 saturated carbocycles. The van der Waals surface area contributed by atoms with E-state index in [0.717, 1.165) is 116 Å². The molecule has 1 aliphatic carbocycles. The Labute approximate surface area is 405 Å². The van der Waals surface area contributed by atoms with Crippen LogP contribution >= 0.6 is 0 Å². The zero-order valence-corrected chi connectivity index (χ0v) is 37.5. The first-order chi connectivity index (χ1) is 35.1. The quantitative estimate of drug-likeness (QED) is 0.165. The molecule has 71 heavy (non-hydrogen) atoms. The lowest BCUT2D eigenvalue weighted by molar-refractivity contribution is 0.435. The van der Waals surface area contributed by atoms with Crippen molar-refractivity contribution in [3.63, 3.8) is 0 Å². The minimum atomic E-state index is -1.04. The third-order valence-corrected chi connectivity index (χ3v) is 14.8. The second-order valence-corrected chi connectivity index (χ2v) is 18.2. The summed E-state index contributed by atoms with van der Waals surface area (Å²) in [6.07, 6.45) is 3.79. The maximum absolute atomic E-state index is 9.99. The van der Waals surface area contributed by atoms with Gasteiger partial charge < -0.3 is 18.4 Å². The molecule has 15 rings (SSSR count). The van der Waals surface area contributed by atoms with Crippen molar-refractivity contribution in [3.8, 4) is 46.0 Å². The van der Waals surface area contributed by atoms with Crippen molar-refractivity contribution >= 4 is 76.8 Å². The molecule has 9 nitrogen and oxygen atoms in total. The molecule has 0 amide bonds. The smallest absolute Gasteiger partial charge is 0.188 e. The number of pyridine rings is 2. The van der Waals surface area contributed by atoms with E-state index in [2.05, 4.69) is 139 Å². The number of nitriles is 1. The van der Waals surface area contributed by atoms with E-state index >= 15 is 0 Å². The van der Waals surface area contributed by atoms with Gasteiger partial charge in [0.25, 0.3) is 0 Å². The van der Waals surface area contributed by atoms with E-state index in [0.29, 0.717) is 28.4 Å². The van der Waals surface area contributed by atoms with Gasteiger partial charge in [-0.2, -0.15) is 5.26 Å². The van der Waals surface area contributed by atoms with E-state index in [4.69, 9.17) is 27.8 Å². The number of rotatable bonds is 3. The number of ether oxygens (including phenoxy) is 1. The van der Waals surface area contributed by atoms with Gasteiger partial charge in [-0.1, -0.05) is 84.9 Å². The molecule has 8 aromatic carbocycles. The van der Waals surface area contributed by atoms with Gasteiger partial charge in [-0.3, -0.25) is 9.97 Å². The van der Waals surface area contributed by atoms with E-state index in [9.17, 15) is 5.26 Å². The summed E-state index contributed by atoms with van der Waals surface area (Å²) < 4.78 is 14.2. The third-order valence-electron chi connectivity index (χ3n) is 14.8. The van der Waals surface area contributed by atoms with Crippen LogP contribution < -0.4 is 4.74 Å². The average Bonchev–Trinajstić information content (AvgIpc) is 4.14.